The van der Waals surface area contributed by atoms with Gasteiger partial charge in [0.1, 0.15) is 29.4 Å². The van der Waals surface area contributed by atoms with Gasteiger partial charge >= 0.3 is 0 Å². The molecule has 32 heavy (non-hydrogen) atoms. The van der Waals surface area contributed by atoms with E-state index in [9.17, 15) is 18.0 Å². The molecule has 5 rings (SSSR count). The molecule has 0 aliphatic carbocycles. The third-order valence-corrected chi connectivity index (χ3v) is 5.77. The molecule has 0 saturated carbocycles. The number of alkyl halides is 2. The smallest absolute Gasteiger partial charge is 0.272 e. The van der Waals surface area contributed by atoms with E-state index in [2.05, 4.69) is 15.1 Å². The van der Waals surface area contributed by atoms with Gasteiger partial charge in [-0.15, -0.1) is 0 Å². The van der Waals surface area contributed by atoms with Gasteiger partial charge in [-0.05, 0) is 31.0 Å². The Morgan fingerprint density at radius 1 is 1.06 bits per heavy atom. The van der Waals surface area contributed by atoms with Crippen molar-refractivity contribution in [2.75, 3.05) is 13.1 Å². The average molecular weight is 442 g/mol. The highest BCUT2D eigenvalue weighted by molar-refractivity contribution is 5.99. The van der Waals surface area contributed by atoms with E-state index in [0.717, 1.165) is 25.7 Å². The maximum Gasteiger partial charge on any atom is 0.272 e. The lowest BCUT2D eigenvalue weighted by atomic mass is 10.2. The molecule has 1 fully saturated rings. The van der Waals surface area contributed by atoms with Crippen molar-refractivity contribution in [2.45, 2.75) is 38.7 Å². The van der Waals surface area contributed by atoms with Crippen LogP contribution in [0.15, 0.2) is 36.8 Å². The second-order valence-electron chi connectivity index (χ2n) is 7.93. The Bertz CT molecular complexity index is 1290. The van der Waals surface area contributed by atoms with E-state index >= 15 is 0 Å². The average Bonchev–Trinajstić information content (AvgIpc) is 3.21. The van der Waals surface area contributed by atoms with Crippen LogP contribution >= 0.6 is 0 Å². The van der Waals surface area contributed by atoms with Crippen molar-refractivity contribution >= 4 is 22.5 Å². The summed E-state index contributed by atoms with van der Waals surface area (Å²) in [5.41, 5.74) is 1.87. The number of fused-ring (bicyclic) bond motifs is 2. The summed E-state index contributed by atoms with van der Waals surface area (Å²) in [6.45, 7) is 0.684. The van der Waals surface area contributed by atoms with E-state index < -0.39 is 18.8 Å². The molecule has 4 aromatic rings. The Balaban J connectivity index is 1.62. The molecule has 10 heteroatoms. The highest BCUT2D eigenvalue weighted by Gasteiger charge is 2.23. The maximum atomic E-state index is 13.8. The standard InChI is InChI=1S/C22H21F3N6O/c23-14-5-6-20-27-11-18(30(20)12-14)21-15-10-26-16(9-17(15)31(28-21)13-19(24)25)22(32)29-7-3-1-2-4-8-29/h5-6,9-12,19H,1-4,7-8,13H2. The molecule has 0 spiro atoms. The summed E-state index contributed by atoms with van der Waals surface area (Å²) in [4.78, 5) is 23.4. The van der Waals surface area contributed by atoms with Crippen LogP contribution < -0.4 is 0 Å². The quantitative estimate of drug-likeness (QED) is 0.476. The minimum atomic E-state index is -2.64. The number of likely N-dealkylation sites (tertiary alicyclic amines) is 1. The predicted molar refractivity (Wildman–Crippen MR) is 112 cm³/mol. The summed E-state index contributed by atoms with van der Waals surface area (Å²) in [5.74, 6) is -0.673. The van der Waals surface area contributed by atoms with E-state index in [0.29, 0.717) is 41.0 Å². The monoisotopic (exact) mass is 442 g/mol. The molecule has 5 heterocycles. The van der Waals surface area contributed by atoms with E-state index in [1.54, 1.807) is 4.90 Å². The van der Waals surface area contributed by atoms with Crippen molar-refractivity contribution in [1.29, 1.82) is 0 Å². The third-order valence-electron chi connectivity index (χ3n) is 5.77. The number of hydrogen-bond acceptors (Lipinski definition) is 4. The minimum absolute atomic E-state index is 0.200. The first kappa shape index (κ1) is 20.5. The highest BCUT2D eigenvalue weighted by atomic mass is 19.3. The van der Waals surface area contributed by atoms with Crippen LogP contribution in [0.3, 0.4) is 0 Å². The van der Waals surface area contributed by atoms with Crippen molar-refractivity contribution in [2.24, 2.45) is 0 Å². The normalized spacial score (nSPS) is 15.1. The molecule has 1 aliphatic heterocycles. The molecule has 0 bridgehead atoms. The Kier molecular flexibility index (Phi) is 5.28. The van der Waals surface area contributed by atoms with Crippen molar-refractivity contribution in [1.82, 2.24) is 29.0 Å². The first-order valence-electron chi connectivity index (χ1n) is 10.6. The molecule has 0 radical (unpaired) electrons. The number of rotatable bonds is 4. The van der Waals surface area contributed by atoms with E-state index in [1.807, 2.05) is 0 Å². The second kappa shape index (κ2) is 8.25. The molecule has 1 aliphatic rings. The van der Waals surface area contributed by atoms with Gasteiger partial charge in [-0.2, -0.15) is 5.10 Å². The fourth-order valence-corrected chi connectivity index (χ4v) is 4.21. The van der Waals surface area contributed by atoms with Gasteiger partial charge in [0.15, 0.2) is 0 Å². The van der Waals surface area contributed by atoms with Gasteiger partial charge in [-0.25, -0.2) is 18.2 Å². The van der Waals surface area contributed by atoms with Crippen LogP contribution in [0.5, 0.6) is 0 Å². The topological polar surface area (TPSA) is 68.3 Å². The fraction of sp³-hybridized carbons (Fsp3) is 0.364. The number of carbonyl (C=O) groups excluding carboxylic acids is 1. The number of aromatic nitrogens is 5. The summed E-state index contributed by atoms with van der Waals surface area (Å²) >= 11 is 0. The molecule has 0 unspecified atom stereocenters. The fourth-order valence-electron chi connectivity index (χ4n) is 4.21. The van der Waals surface area contributed by atoms with Gasteiger partial charge in [-0.1, -0.05) is 12.8 Å². The molecule has 7 nitrogen and oxygen atoms in total. The van der Waals surface area contributed by atoms with E-state index in [4.69, 9.17) is 0 Å². The number of amides is 1. The first-order chi connectivity index (χ1) is 15.5. The number of pyridine rings is 2. The van der Waals surface area contributed by atoms with Crippen LogP contribution in [0.1, 0.15) is 36.2 Å². The Morgan fingerprint density at radius 3 is 2.59 bits per heavy atom. The second-order valence-corrected chi connectivity index (χ2v) is 7.93. The van der Waals surface area contributed by atoms with Crippen LogP contribution in [-0.2, 0) is 6.54 Å². The first-order valence-corrected chi connectivity index (χ1v) is 10.6. The lowest BCUT2D eigenvalue weighted by Gasteiger charge is -2.19. The molecule has 0 atom stereocenters. The van der Waals surface area contributed by atoms with E-state index in [-0.39, 0.29) is 11.6 Å². The van der Waals surface area contributed by atoms with Crippen LogP contribution in [-0.4, -0.2) is 54.5 Å². The third kappa shape index (κ3) is 3.69. The lowest BCUT2D eigenvalue weighted by Crippen LogP contribution is -2.32. The maximum absolute atomic E-state index is 13.8. The van der Waals surface area contributed by atoms with E-state index in [1.165, 1.54) is 45.9 Å². The zero-order chi connectivity index (χ0) is 22.2. The van der Waals surface area contributed by atoms with Gasteiger partial charge in [0.05, 0.1) is 17.4 Å². The SMILES string of the molecule is O=C(c1cc2c(cn1)c(-c1cnc3ccc(F)cn13)nn2CC(F)F)N1CCCCCC1. The van der Waals surface area contributed by atoms with Crippen LogP contribution in [0.25, 0.3) is 27.9 Å². The Labute approximate surface area is 181 Å². The van der Waals surface area contributed by atoms with Crippen LogP contribution in [0.4, 0.5) is 13.2 Å². The lowest BCUT2D eigenvalue weighted by molar-refractivity contribution is 0.0756. The number of halogens is 3. The molecule has 0 N–H and O–H groups in total. The Morgan fingerprint density at radius 2 is 1.84 bits per heavy atom. The molecule has 166 valence electrons. The molecule has 1 saturated heterocycles. The predicted octanol–water partition coefficient (Wildman–Crippen LogP) is 4.17. The number of imidazole rings is 1. The summed E-state index contributed by atoms with van der Waals surface area (Å²) in [6.07, 6.45) is 5.66. The molecular weight excluding hydrogens is 421 g/mol. The molecular formula is C22H21F3N6O. The Hall–Kier alpha value is -3.43. The zero-order valence-corrected chi connectivity index (χ0v) is 17.2. The zero-order valence-electron chi connectivity index (χ0n) is 17.2. The summed E-state index contributed by atoms with van der Waals surface area (Å²) in [7, 11) is 0. The van der Waals surface area contributed by atoms with Crippen LogP contribution in [0.2, 0.25) is 0 Å². The van der Waals surface area contributed by atoms with Crippen molar-refractivity contribution in [3.8, 4) is 11.4 Å². The van der Waals surface area contributed by atoms with Gasteiger partial charge in [0.2, 0.25) is 0 Å². The van der Waals surface area contributed by atoms with Crippen molar-refractivity contribution < 1.29 is 18.0 Å². The number of carbonyl (C=O) groups is 1. The van der Waals surface area contributed by atoms with Gasteiger partial charge in [-0.3, -0.25) is 18.9 Å². The summed E-state index contributed by atoms with van der Waals surface area (Å²) < 4.78 is 43.1. The summed E-state index contributed by atoms with van der Waals surface area (Å²) in [6, 6.07) is 4.33. The molecule has 1 amide bonds. The van der Waals surface area contributed by atoms with Gasteiger partial charge in [0, 0.05) is 30.9 Å². The van der Waals surface area contributed by atoms with Crippen LogP contribution in [0, 0.1) is 5.82 Å². The van der Waals surface area contributed by atoms with Gasteiger partial charge in [0.25, 0.3) is 12.3 Å². The van der Waals surface area contributed by atoms with Crippen molar-refractivity contribution in [3.05, 3.63) is 48.3 Å². The summed E-state index contributed by atoms with van der Waals surface area (Å²) in [5, 5.41) is 4.86. The largest absolute Gasteiger partial charge is 0.337 e. The molecule has 4 aromatic heterocycles. The number of nitrogens with zero attached hydrogens (tertiary/aromatic N) is 6. The van der Waals surface area contributed by atoms with Crippen molar-refractivity contribution in [3.63, 3.8) is 0 Å². The number of hydrogen-bond donors (Lipinski definition) is 0. The minimum Gasteiger partial charge on any atom is -0.337 e. The highest BCUT2D eigenvalue weighted by Crippen LogP contribution is 2.29. The van der Waals surface area contributed by atoms with Gasteiger partial charge < -0.3 is 4.90 Å². The molecule has 0 aromatic carbocycles.